The summed E-state index contributed by atoms with van der Waals surface area (Å²) in [6.07, 6.45) is 0. The van der Waals surface area contributed by atoms with Crippen LogP contribution in [0.25, 0.3) is 11.1 Å². The Labute approximate surface area is 195 Å². The van der Waals surface area contributed by atoms with Crippen LogP contribution in [-0.2, 0) is 19.4 Å². The van der Waals surface area contributed by atoms with Gasteiger partial charge in [0.25, 0.3) is 0 Å². The van der Waals surface area contributed by atoms with E-state index in [1.54, 1.807) is 20.8 Å². The van der Waals surface area contributed by atoms with E-state index in [-0.39, 0.29) is 31.7 Å². The highest BCUT2D eigenvalue weighted by Crippen LogP contribution is 2.36. The number of esters is 1. The van der Waals surface area contributed by atoms with Crippen molar-refractivity contribution in [2.24, 2.45) is 0 Å². The van der Waals surface area contributed by atoms with Crippen LogP contribution in [0.4, 0.5) is 8.78 Å². The van der Waals surface area contributed by atoms with Gasteiger partial charge in [-0.05, 0) is 81.4 Å². The molecular formula is C24H21ClF2O5S. The molecular weight excluding hydrogens is 474 g/mol. The molecule has 33 heavy (non-hydrogen) atoms. The Morgan fingerprint density at radius 3 is 2.15 bits per heavy atom. The van der Waals surface area contributed by atoms with E-state index in [1.165, 1.54) is 30.3 Å². The van der Waals surface area contributed by atoms with Crippen LogP contribution in [0.1, 0.15) is 20.8 Å². The summed E-state index contributed by atoms with van der Waals surface area (Å²) in [6, 6.07) is 12.0. The molecule has 0 fully saturated rings. The molecule has 3 rings (SSSR count). The average Bonchev–Trinajstić information content (AvgIpc) is 2.72. The van der Waals surface area contributed by atoms with Gasteiger partial charge in [0.05, 0.1) is 9.79 Å². The molecule has 0 saturated heterocycles. The van der Waals surface area contributed by atoms with Crippen LogP contribution >= 0.6 is 11.6 Å². The molecule has 3 aromatic rings. The van der Waals surface area contributed by atoms with Crippen LogP contribution < -0.4 is 4.74 Å². The maximum absolute atomic E-state index is 15.1. The van der Waals surface area contributed by atoms with Crippen molar-refractivity contribution < 1.29 is 31.5 Å². The summed E-state index contributed by atoms with van der Waals surface area (Å²) in [5, 5.41) is 0.289. The fourth-order valence-corrected chi connectivity index (χ4v) is 4.42. The largest absolute Gasteiger partial charge is 0.481 e. The summed E-state index contributed by atoms with van der Waals surface area (Å²) in [5.41, 5.74) is -0.439. The van der Waals surface area contributed by atoms with Gasteiger partial charge in [-0.2, -0.15) is 0 Å². The molecule has 9 heteroatoms. The first-order valence-electron chi connectivity index (χ1n) is 9.81. The Morgan fingerprint density at radius 1 is 0.909 bits per heavy atom. The second kappa shape index (κ2) is 9.49. The smallest absolute Gasteiger partial charge is 0.344 e. The van der Waals surface area contributed by atoms with Crippen molar-refractivity contribution in [3.8, 4) is 16.9 Å². The van der Waals surface area contributed by atoms with Gasteiger partial charge in [0.1, 0.15) is 23.0 Å². The van der Waals surface area contributed by atoms with Crippen LogP contribution in [0.15, 0.2) is 70.5 Å². The van der Waals surface area contributed by atoms with Crippen molar-refractivity contribution in [2.75, 3.05) is 6.61 Å². The van der Waals surface area contributed by atoms with Gasteiger partial charge in [0, 0.05) is 16.1 Å². The number of hydrogen-bond donors (Lipinski definition) is 0. The van der Waals surface area contributed by atoms with E-state index < -0.39 is 39.6 Å². The number of rotatable bonds is 6. The van der Waals surface area contributed by atoms with Gasteiger partial charge in [-0.15, -0.1) is 0 Å². The summed E-state index contributed by atoms with van der Waals surface area (Å²) >= 11 is 6.07. The number of carbonyl (C=O) groups excluding carboxylic acids is 1. The second-order valence-electron chi connectivity index (χ2n) is 8.11. The molecule has 5 nitrogen and oxygen atoms in total. The quantitative estimate of drug-likeness (QED) is 0.318. The Morgan fingerprint density at radius 2 is 1.55 bits per heavy atom. The molecule has 0 spiro atoms. The van der Waals surface area contributed by atoms with Gasteiger partial charge in [0.2, 0.25) is 9.84 Å². The molecule has 0 aromatic heterocycles. The number of carbonyl (C=O) groups is 1. The number of benzene rings is 3. The monoisotopic (exact) mass is 494 g/mol. The third kappa shape index (κ3) is 6.09. The molecule has 0 aliphatic carbocycles. The topological polar surface area (TPSA) is 69.7 Å². The minimum atomic E-state index is -4.06. The van der Waals surface area contributed by atoms with Crippen molar-refractivity contribution in [1.82, 2.24) is 0 Å². The Bertz CT molecular complexity index is 1280. The molecule has 0 unspecified atom stereocenters. The molecule has 0 bridgehead atoms. The Kier molecular flexibility index (Phi) is 7.09. The summed E-state index contributed by atoms with van der Waals surface area (Å²) in [4.78, 5) is 11.5. The number of halogens is 3. The maximum atomic E-state index is 15.1. The number of hydrogen-bond acceptors (Lipinski definition) is 5. The zero-order chi connectivity index (χ0) is 24.4. The van der Waals surface area contributed by atoms with Gasteiger partial charge in [0.15, 0.2) is 6.61 Å². The van der Waals surface area contributed by atoms with Crippen LogP contribution in [-0.4, -0.2) is 26.6 Å². The third-order valence-electron chi connectivity index (χ3n) is 4.37. The van der Waals surface area contributed by atoms with E-state index in [1.807, 2.05) is 0 Å². The lowest BCUT2D eigenvalue weighted by atomic mass is 10.0. The van der Waals surface area contributed by atoms with E-state index in [0.29, 0.717) is 0 Å². The minimum Gasteiger partial charge on any atom is -0.481 e. The van der Waals surface area contributed by atoms with Crippen molar-refractivity contribution in [3.63, 3.8) is 0 Å². The summed E-state index contributed by atoms with van der Waals surface area (Å²) in [5.74, 6) is -1.87. The highest BCUT2D eigenvalue weighted by atomic mass is 35.5. The molecule has 3 aromatic carbocycles. The first-order chi connectivity index (χ1) is 15.4. The molecule has 0 N–H and O–H groups in total. The number of sulfone groups is 1. The fraction of sp³-hybridized carbons (Fsp3) is 0.208. The second-order valence-corrected chi connectivity index (χ2v) is 10.5. The first kappa shape index (κ1) is 24.7. The normalized spacial score (nSPS) is 11.8. The lowest BCUT2D eigenvalue weighted by molar-refractivity contribution is -0.157. The van der Waals surface area contributed by atoms with Crippen LogP contribution in [0, 0.1) is 11.6 Å². The van der Waals surface area contributed by atoms with E-state index in [9.17, 15) is 17.6 Å². The van der Waals surface area contributed by atoms with Gasteiger partial charge < -0.3 is 9.47 Å². The predicted molar refractivity (Wildman–Crippen MR) is 120 cm³/mol. The molecule has 0 atom stereocenters. The van der Waals surface area contributed by atoms with Gasteiger partial charge >= 0.3 is 5.97 Å². The van der Waals surface area contributed by atoms with Crippen molar-refractivity contribution in [1.29, 1.82) is 0 Å². The molecule has 0 aliphatic heterocycles. The maximum Gasteiger partial charge on any atom is 0.344 e. The number of ether oxygens (including phenoxy) is 2. The SMILES string of the molecule is CC(C)(C)OC(=O)COc1ccc(Cl)cc1-c1ccc(S(=O)(=O)c2ccc(F)cc2)cc1F. The first-order valence-corrected chi connectivity index (χ1v) is 11.7. The van der Waals surface area contributed by atoms with Gasteiger partial charge in [-0.1, -0.05) is 11.6 Å². The molecule has 174 valence electrons. The van der Waals surface area contributed by atoms with Crippen molar-refractivity contribution in [3.05, 3.63) is 77.3 Å². The standard InChI is InChI=1S/C24H21ClF2O5S/c1-24(2,3)32-23(28)14-31-22-11-4-15(25)12-20(22)19-10-9-18(13-21(19)27)33(29,30)17-7-5-16(26)6-8-17/h4-13H,14H2,1-3H3. The van der Waals surface area contributed by atoms with Crippen molar-refractivity contribution in [2.45, 2.75) is 36.2 Å². The van der Waals surface area contributed by atoms with E-state index in [2.05, 4.69) is 0 Å². The van der Waals surface area contributed by atoms with Crippen LogP contribution in [0.5, 0.6) is 5.75 Å². The predicted octanol–water partition coefficient (Wildman–Crippen LogP) is 5.84. The van der Waals surface area contributed by atoms with E-state index in [4.69, 9.17) is 21.1 Å². The third-order valence-corrected chi connectivity index (χ3v) is 6.37. The molecule has 0 saturated carbocycles. The zero-order valence-electron chi connectivity index (χ0n) is 18.1. The Hall–Kier alpha value is -2.97. The average molecular weight is 495 g/mol. The lowest BCUT2D eigenvalue weighted by Gasteiger charge is -2.20. The summed E-state index contributed by atoms with van der Waals surface area (Å²) in [6.45, 7) is 4.74. The van der Waals surface area contributed by atoms with E-state index in [0.717, 1.165) is 30.3 Å². The van der Waals surface area contributed by atoms with E-state index >= 15 is 4.39 Å². The highest BCUT2D eigenvalue weighted by Gasteiger charge is 2.22. The van der Waals surface area contributed by atoms with Crippen LogP contribution in [0.3, 0.4) is 0 Å². The van der Waals surface area contributed by atoms with Crippen LogP contribution in [0.2, 0.25) is 5.02 Å². The van der Waals surface area contributed by atoms with Crippen molar-refractivity contribution >= 4 is 27.4 Å². The lowest BCUT2D eigenvalue weighted by Crippen LogP contribution is -2.27. The highest BCUT2D eigenvalue weighted by molar-refractivity contribution is 7.91. The zero-order valence-corrected chi connectivity index (χ0v) is 19.6. The molecule has 0 radical (unpaired) electrons. The molecule has 0 aliphatic rings. The van der Waals surface area contributed by atoms with Gasteiger partial charge in [-0.3, -0.25) is 0 Å². The molecule has 0 heterocycles. The summed E-state index contributed by atoms with van der Waals surface area (Å²) in [7, 11) is -4.06. The summed E-state index contributed by atoms with van der Waals surface area (Å²) < 4.78 is 64.5. The molecule has 0 amide bonds. The minimum absolute atomic E-state index is 0.0229. The fourth-order valence-electron chi connectivity index (χ4n) is 2.98. The Balaban J connectivity index is 1.93. The van der Waals surface area contributed by atoms with Gasteiger partial charge in [-0.25, -0.2) is 22.0 Å².